The molecule has 23 heavy (non-hydrogen) atoms. The lowest BCUT2D eigenvalue weighted by Gasteiger charge is -2.13. The van der Waals surface area contributed by atoms with Gasteiger partial charge in [0.05, 0.1) is 5.92 Å². The molecule has 0 radical (unpaired) electrons. The summed E-state index contributed by atoms with van der Waals surface area (Å²) in [7, 11) is 0. The van der Waals surface area contributed by atoms with Gasteiger partial charge in [0, 0.05) is 29.7 Å². The number of hydrogen-bond acceptors (Lipinski definition) is 4. The Bertz CT molecular complexity index is 765. The van der Waals surface area contributed by atoms with Crippen molar-refractivity contribution in [2.24, 2.45) is 0 Å². The SMILES string of the molecule is CC(C)c1n[nH]c(=S)n1CCNC(=O)[C@H]1CSc2ccccc21. The fraction of sp³-hybridized carbons (Fsp3) is 0.438. The van der Waals surface area contributed by atoms with Crippen molar-refractivity contribution in [3.8, 4) is 0 Å². The van der Waals surface area contributed by atoms with E-state index in [4.69, 9.17) is 12.2 Å². The molecule has 1 aliphatic heterocycles. The van der Waals surface area contributed by atoms with Gasteiger partial charge < -0.3 is 9.88 Å². The first kappa shape index (κ1) is 16.3. The van der Waals surface area contributed by atoms with Gasteiger partial charge >= 0.3 is 0 Å². The first-order valence-electron chi connectivity index (χ1n) is 7.72. The normalized spacial score (nSPS) is 16.6. The molecule has 0 bridgehead atoms. The summed E-state index contributed by atoms with van der Waals surface area (Å²) in [6.45, 7) is 5.34. The van der Waals surface area contributed by atoms with Gasteiger partial charge in [-0.05, 0) is 23.8 Å². The van der Waals surface area contributed by atoms with Crippen LogP contribution in [0.5, 0.6) is 0 Å². The molecule has 1 aromatic carbocycles. The minimum atomic E-state index is -0.0573. The molecule has 122 valence electrons. The number of benzene rings is 1. The van der Waals surface area contributed by atoms with Crippen LogP contribution in [-0.4, -0.2) is 33.0 Å². The topological polar surface area (TPSA) is 62.7 Å². The molecule has 1 atom stereocenters. The molecule has 3 rings (SSSR count). The molecule has 5 nitrogen and oxygen atoms in total. The molecule has 0 unspecified atom stereocenters. The zero-order chi connectivity index (χ0) is 16.4. The van der Waals surface area contributed by atoms with E-state index in [1.54, 1.807) is 11.8 Å². The predicted octanol–water partition coefficient (Wildman–Crippen LogP) is 3.07. The number of aromatic nitrogens is 3. The largest absolute Gasteiger partial charge is 0.354 e. The summed E-state index contributed by atoms with van der Waals surface area (Å²) in [5.74, 6) is 2.05. The van der Waals surface area contributed by atoms with Crippen LogP contribution in [0.1, 0.15) is 37.1 Å². The highest BCUT2D eigenvalue weighted by Crippen LogP contribution is 2.39. The van der Waals surface area contributed by atoms with Crippen molar-refractivity contribution < 1.29 is 4.79 Å². The van der Waals surface area contributed by atoms with Crippen LogP contribution in [0.15, 0.2) is 29.2 Å². The van der Waals surface area contributed by atoms with Gasteiger partial charge in [0.15, 0.2) is 4.77 Å². The van der Waals surface area contributed by atoms with Crippen LogP contribution in [0.4, 0.5) is 0 Å². The lowest BCUT2D eigenvalue weighted by atomic mass is 10.0. The fourth-order valence-corrected chi connectivity index (χ4v) is 4.24. The van der Waals surface area contributed by atoms with E-state index in [0.717, 1.165) is 17.1 Å². The number of thioether (sulfide) groups is 1. The lowest BCUT2D eigenvalue weighted by molar-refractivity contribution is -0.122. The summed E-state index contributed by atoms with van der Waals surface area (Å²) in [6, 6.07) is 8.13. The molecule has 0 saturated carbocycles. The van der Waals surface area contributed by atoms with Crippen molar-refractivity contribution in [1.82, 2.24) is 20.1 Å². The number of H-pyrrole nitrogens is 1. The summed E-state index contributed by atoms with van der Waals surface area (Å²) in [4.78, 5) is 13.7. The Kier molecular flexibility index (Phi) is 4.87. The number of fused-ring (bicyclic) bond motifs is 1. The van der Waals surface area contributed by atoms with E-state index in [-0.39, 0.29) is 17.7 Å². The van der Waals surface area contributed by atoms with Crippen molar-refractivity contribution in [3.63, 3.8) is 0 Å². The molecule has 1 aromatic heterocycles. The van der Waals surface area contributed by atoms with E-state index in [9.17, 15) is 4.79 Å². The first-order chi connectivity index (χ1) is 11.1. The first-order valence-corrected chi connectivity index (χ1v) is 9.12. The molecule has 7 heteroatoms. The molecule has 2 N–H and O–H groups in total. The second kappa shape index (κ2) is 6.88. The zero-order valence-electron chi connectivity index (χ0n) is 13.2. The van der Waals surface area contributed by atoms with Gasteiger partial charge in [0.2, 0.25) is 5.91 Å². The van der Waals surface area contributed by atoms with Crippen LogP contribution in [-0.2, 0) is 11.3 Å². The number of nitrogens with one attached hydrogen (secondary N) is 2. The summed E-state index contributed by atoms with van der Waals surface area (Å²) >= 11 is 7.01. The smallest absolute Gasteiger partial charge is 0.228 e. The monoisotopic (exact) mass is 348 g/mol. The molecule has 0 spiro atoms. The maximum absolute atomic E-state index is 12.5. The van der Waals surface area contributed by atoms with Crippen LogP contribution >= 0.6 is 24.0 Å². The van der Waals surface area contributed by atoms with E-state index in [1.807, 2.05) is 22.8 Å². The minimum absolute atomic E-state index is 0.0573. The van der Waals surface area contributed by atoms with Gasteiger partial charge in [-0.15, -0.1) is 11.8 Å². The Morgan fingerprint density at radius 1 is 1.52 bits per heavy atom. The second-order valence-electron chi connectivity index (χ2n) is 5.89. The summed E-state index contributed by atoms with van der Waals surface area (Å²) in [5.41, 5.74) is 1.14. The van der Waals surface area contributed by atoms with Gasteiger partial charge in [-0.3, -0.25) is 9.89 Å². The Hall–Kier alpha value is -1.60. The molecule has 0 saturated heterocycles. The molecule has 0 fully saturated rings. The lowest BCUT2D eigenvalue weighted by Crippen LogP contribution is -2.32. The van der Waals surface area contributed by atoms with Gasteiger partial charge in [0.1, 0.15) is 5.82 Å². The van der Waals surface area contributed by atoms with Gasteiger partial charge in [0.25, 0.3) is 0 Å². The number of nitrogens with zero attached hydrogens (tertiary/aromatic N) is 2. The molecular weight excluding hydrogens is 328 g/mol. The van der Waals surface area contributed by atoms with Gasteiger partial charge in [-0.25, -0.2) is 0 Å². The Morgan fingerprint density at radius 3 is 3.09 bits per heavy atom. The average Bonchev–Trinajstić information content (AvgIpc) is 3.11. The average molecular weight is 348 g/mol. The predicted molar refractivity (Wildman–Crippen MR) is 94.4 cm³/mol. The van der Waals surface area contributed by atoms with Crippen LogP contribution in [0, 0.1) is 4.77 Å². The van der Waals surface area contributed by atoms with Crippen LogP contribution in [0.3, 0.4) is 0 Å². The fourth-order valence-electron chi connectivity index (χ4n) is 2.78. The summed E-state index contributed by atoms with van der Waals surface area (Å²) < 4.78 is 2.56. The third-order valence-electron chi connectivity index (χ3n) is 3.96. The molecule has 2 aromatic rings. The van der Waals surface area contributed by atoms with Crippen LogP contribution in [0.2, 0.25) is 0 Å². The number of carbonyl (C=O) groups is 1. The van der Waals surface area contributed by atoms with Crippen LogP contribution < -0.4 is 5.32 Å². The molecular formula is C16H20N4OS2. The number of aromatic amines is 1. The maximum Gasteiger partial charge on any atom is 0.228 e. The van der Waals surface area contributed by atoms with Crippen molar-refractivity contribution in [3.05, 3.63) is 40.4 Å². The highest BCUT2D eigenvalue weighted by Gasteiger charge is 2.28. The van der Waals surface area contributed by atoms with Crippen molar-refractivity contribution in [2.45, 2.75) is 37.1 Å². The van der Waals surface area contributed by atoms with Gasteiger partial charge in [-0.2, -0.15) is 5.10 Å². The van der Waals surface area contributed by atoms with Crippen molar-refractivity contribution in [1.29, 1.82) is 0 Å². The van der Waals surface area contributed by atoms with Gasteiger partial charge in [-0.1, -0.05) is 32.0 Å². The van der Waals surface area contributed by atoms with E-state index in [1.165, 1.54) is 4.90 Å². The standard InChI is InChI=1S/C16H20N4OS2/c1-10(2)14-18-19-16(22)20(14)8-7-17-15(21)12-9-23-13-6-4-3-5-11(12)13/h3-6,10,12H,7-9H2,1-2H3,(H,17,21)(H,19,22)/t12-/m0/s1. The number of hydrogen-bond donors (Lipinski definition) is 2. The Balaban J connectivity index is 1.61. The molecule has 0 aliphatic carbocycles. The number of rotatable bonds is 5. The second-order valence-corrected chi connectivity index (χ2v) is 7.33. The quantitative estimate of drug-likeness (QED) is 0.815. The Morgan fingerprint density at radius 2 is 2.30 bits per heavy atom. The van der Waals surface area contributed by atoms with E-state index in [0.29, 0.717) is 17.9 Å². The van der Waals surface area contributed by atoms with Crippen molar-refractivity contribution in [2.75, 3.05) is 12.3 Å². The number of carbonyl (C=O) groups excluding carboxylic acids is 1. The van der Waals surface area contributed by atoms with E-state index in [2.05, 4.69) is 35.4 Å². The Labute approximate surface area is 144 Å². The minimum Gasteiger partial charge on any atom is -0.354 e. The third-order valence-corrected chi connectivity index (χ3v) is 5.45. The number of amides is 1. The highest BCUT2D eigenvalue weighted by atomic mass is 32.2. The summed E-state index contributed by atoms with van der Waals surface area (Å²) in [6.07, 6.45) is 0. The maximum atomic E-state index is 12.5. The molecule has 2 heterocycles. The van der Waals surface area contributed by atoms with E-state index < -0.39 is 0 Å². The zero-order valence-corrected chi connectivity index (χ0v) is 14.8. The third kappa shape index (κ3) is 3.35. The molecule has 1 aliphatic rings. The van der Waals surface area contributed by atoms with Crippen LogP contribution in [0.25, 0.3) is 0 Å². The highest BCUT2D eigenvalue weighted by molar-refractivity contribution is 7.99. The molecule has 1 amide bonds. The van der Waals surface area contributed by atoms with E-state index >= 15 is 0 Å². The summed E-state index contributed by atoms with van der Waals surface area (Å²) in [5, 5.41) is 10.1. The van der Waals surface area contributed by atoms with Crippen molar-refractivity contribution >= 4 is 29.9 Å².